The van der Waals surface area contributed by atoms with Crippen molar-refractivity contribution in [2.24, 2.45) is 5.92 Å². The average molecular weight is 416 g/mol. The van der Waals surface area contributed by atoms with Crippen LogP contribution in [0, 0.1) is 5.92 Å². The Kier molecular flexibility index (Phi) is 9.68. The van der Waals surface area contributed by atoms with Gasteiger partial charge in [-0.2, -0.15) is 0 Å². The van der Waals surface area contributed by atoms with E-state index in [1.807, 2.05) is 42.5 Å². The van der Waals surface area contributed by atoms with Crippen LogP contribution in [0.3, 0.4) is 0 Å². The molecular formula is C23H30ClN3O2. The summed E-state index contributed by atoms with van der Waals surface area (Å²) >= 11 is 0. The maximum Gasteiger partial charge on any atom is 0.253 e. The molecule has 0 atom stereocenters. The molecule has 6 heteroatoms. The van der Waals surface area contributed by atoms with Crippen LogP contribution in [0.2, 0.25) is 0 Å². The Morgan fingerprint density at radius 3 is 2.41 bits per heavy atom. The Morgan fingerprint density at radius 2 is 1.66 bits per heavy atom. The number of hydrogen-bond donors (Lipinski definition) is 3. The highest BCUT2D eigenvalue weighted by molar-refractivity contribution is 6.03. The third kappa shape index (κ3) is 7.52. The topological polar surface area (TPSA) is 70.2 Å². The fraction of sp³-hybridized carbons (Fsp3) is 0.391. The summed E-state index contributed by atoms with van der Waals surface area (Å²) in [6.45, 7) is 2.64. The van der Waals surface area contributed by atoms with E-state index in [1.54, 1.807) is 12.1 Å². The molecule has 0 saturated carbocycles. The summed E-state index contributed by atoms with van der Waals surface area (Å²) in [4.78, 5) is 24.9. The smallest absolute Gasteiger partial charge is 0.253 e. The average Bonchev–Trinajstić information content (AvgIpc) is 2.74. The fourth-order valence-electron chi connectivity index (χ4n) is 3.57. The largest absolute Gasteiger partial charge is 0.352 e. The molecule has 0 radical (unpaired) electrons. The van der Waals surface area contributed by atoms with Crippen molar-refractivity contribution in [1.82, 2.24) is 10.6 Å². The second kappa shape index (κ2) is 12.2. The quantitative estimate of drug-likeness (QED) is 0.614. The van der Waals surface area contributed by atoms with Crippen LogP contribution < -0.4 is 16.0 Å². The molecule has 0 aliphatic carbocycles. The number of para-hydroxylation sites is 1. The molecule has 29 heavy (non-hydrogen) atoms. The van der Waals surface area contributed by atoms with Gasteiger partial charge in [0.05, 0.1) is 11.3 Å². The molecule has 156 valence electrons. The van der Waals surface area contributed by atoms with E-state index >= 15 is 0 Å². The molecule has 3 rings (SSSR count). The fourth-order valence-corrected chi connectivity index (χ4v) is 3.57. The number of carbonyl (C=O) groups is 2. The van der Waals surface area contributed by atoms with Gasteiger partial charge in [-0.15, -0.1) is 12.4 Å². The van der Waals surface area contributed by atoms with E-state index < -0.39 is 0 Å². The van der Waals surface area contributed by atoms with E-state index in [1.165, 1.54) is 5.56 Å². The van der Waals surface area contributed by atoms with Gasteiger partial charge in [0.2, 0.25) is 5.91 Å². The molecule has 1 aliphatic rings. The van der Waals surface area contributed by atoms with Crippen LogP contribution >= 0.6 is 12.4 Å². The normalized spacial score (nSPS) is 13.9. The third-order valence-corrected chi connectivity index (χ3v) is 5.23. The first kappa shape index (κ1) is 22.9. The van der Waals surface area contributed by atoms with Crippen molar-refractivity contribution in [3.63, 3.8) is 0 Å². The molecule has 0 aromatic heterocycles. The lowest BCUT2D eigenvalue weighted by atomic mass is 9.93. The van der Waals surface area contributed by atoms with Crippen molar-refractivity contribution in [3.05, 3.63) is 65.7 Å². The number of amides is 2. The van der Waals surface area contributed by atoms with Crippen LogP contribution in [0.25, 0.3) is 0 Å². The highest BCUT2D eigenvalue weighted by Gasteiger charge is 2.16. The lowest BCUT2D eigenvalue weighted by molar-refractivity contribution is -0.116. The van der Waals surface area contributed by atoms with Gasteiger partial charge in [0, 0.05) is 13.0 Å². The van der Waals surface area contributed by atoms with Gasteiger partial charge in [0.15, 0.2) is 0 Å². The van der Waals surface area contributed by atoms with E-state index in [0.717, 1.165) is 38.8 Å². The van der Waals surface area contributed by atoms with Gasteiger partial charge in [-0.1, -0.05) is 42.5 Å². The highest BCUT2D eigenvalue weighted by atomic mass is 35.5. The van der Waals surface area contributed by atoms with Crippen molar-refractivity contribution in [2.75, 3.05) is 25.0 Å². The second-order valence-corrected chi connectivity index (χ2v) is 7.32. The summed E-state index contributed by atoms with van der Waals surface area (Å²) in [5, 5.41) is 9.22. The van der Waals surface area contributed by atoms with Crippen LogP contribution in [-0.4, -0.2) is 31.4 Å². The Bertz CT molecular complexity index is 777. The van der Waals surface area contributed by atoms with Gasteiger partial charge >= 0.3 is 0 Å². The minimum absolute atomic E-state index is 0. The molecule has 2 aromatic rings. The van der Waals surface area contributed by atoms with Crippen LogP contribution in [0.4, 0.5) is 5.69 Å². The summed E-state index contributed by atoms with van der Waals surface area (Å²) in [6.07, 6.45) is 4.44. The van der Waals surface area contributed by atoms with Gasteiger partial charge in [0.25, 0.3) is 5.91 Å². The molecule has 1 saturated heterocycles. The van der Waals surface area contributed by atoms with Crippen molar-refractivity contribution in [2.45, 2.75) is 32.1 Å². The second-order valence-electron chi connectivity index (χ2n) is 7.32. The zero-order chi connectivity index (χ0) is 19.6. The number of benzene rings is 2. The summed E-state index contributed by atoms with van der Waals surface area (Å²) in [6, 6.07) is 17.2. The number of hydrogen-bond acceptors (Lipinski definition) is 3. The van der Waals surface area contributed by atoms with E-state index in [9.17, 15) is 9.59 Å². The molecular weight excluding hydrogens is 386 g/mol. The number of carbonyl (C=O) groups excluding carboxylic acids is 2. The number of anilines is 1. The summed E-state index contributed by atoms with van der Waals surface area (Å²) in [5.41, 5.74) is 2.27. The van der Waals surface area contributed by atoms with Crippen LogP contribution in [0.1, 0.15) is 41.6 Å². The molecule has 0 bridgehead atoms. The van der Waals surface area contributed by atoms with Crippen LogP contribution in [0.5, 0.6) is 0 Å². The molecule has 0 spiro atoms. The first-order chi connectivity index (χ1) is 13.7. The lowest BCUT2D eigenvalue weighted by Crippen LogP contribution is -2.29. The van der Waals surface area contributed by atoms with Gasteiger partial charge in [-0.05, 0) is 62.4 Å². The standard InChI is InChI=1S/C23H29N3O2.ClH/c27-22(11-10-19-12-15-24-16-13-19)26-21-9-5-4-8-20(21)23(28)25-17-14-18-6-2-1-3-7-18;/h1-9,19,24H,10-17H2,(H,25,28)(H,26,27);1H. The minimum atomic E-state index is -0.162. The monoisotopic (exact) mass is 415 g/mol. The van der Waals surface area contributed by atoms with Crippen molar-refractivity contribution < 1.29 is 9.59 Å². The first-order valence-electron chi connectivity index (χ1n) is 10.1. The molecule has 5 nitrogen and oxygen atoms in total. The molecule has 0 unspecified atom stereocenters. The summed E-state index contributed by atoms with van der Waals surface area (Å²) in [7, 11) is 0. The number of rotatable bonds is 8. The third-order valence-electron chi connectivity index (χ3n) is 5.23. The predicted octanol–water partition coefficient (Wildman–Crippen LogP) is 3.80. The molecule has 1 aliphatic heterocycles. The zero-order valence-corrected chi connectivity index (χ0v) is 17.5. The summed E-state index contributed by atoms with van der Waals surface area (Å²) < 4.78 is 0. The van der Waals surface area contributed by atoms with Gasteiger partial charge in [0.1, 0.15) is 0 Å². The van der Waals surface area contributed by atoms with E-state index in [-0.39, 0.29) is 24.2 Å². The maximum absolute atomic E-state index is 12.6. The van der Waals surface area contributed by atoms with Gasteiger partial charge in [-0.3, -0.25) is 9.59 Å². The molecule has 3 N–H and O–H groups in total. The Balaban J connectivity index is 0.00000300. The Morgan fingerprint density at radius 1 is 0.966 bits per heavy atom. The highest BCUT2D eigenvalue weighted by Crippen LogP contribution is 2.19. The SMILES string of the molecule is Cl.O=C(CCC1CCNCC1)Nc1ccccc1C(=O)NCCc1ccccc1. The predicted molar refractivity (Wildman–Crippen MR) is 120 cm³/mol. The van der Waals surface area contributed by atoms with E-state index in [2.05, 4.69) is 16.0 Å². The maximum atomic E-state index is 12.6. The minimum Gasteiger partial charge on any atom is -0.352 e. The van der Waals surface area contributed by atoms with Crippen molar-refractivity contribution in [1.29, 1.82) is 0 Å². The van der Waals surface area contributed by atoms with Crippen molar-refractivity contribution in [3.8, 4) is 0 Å². The van der Waals surface area contributed by atoms with Crippen molar-refractivity contribution >= 4 is 29.9 Å². The zero-order valence-electron chi connectivity index (χ0n) is 16.7. The molecule has 2 aromatic carbocycles. The summed E-state index contributed by atoms with van der Waals surface area (Å²) in [5.74, 6) is 0.428. The first-order valence-corrected chi connectivity index (χ1v) is 10.1. The van der Waals surface area contributed by atoms with Crippen LogP contribution in [-0.2, 0) is 11.2 Å². The Hall–Kier alpha value is -2.37. The number of nitrogens with one attached hydrogen (secondary N) is 3. The molecule has 1 fully saturated rings. The van der Waals surface area contributed by atoms with Gasteiger partial charge in [-0.25, -0.2) is 0 Å². The molecule has 2 amide bonds. The van der Waals surface area contributed by atoms with E-state index in [4.69, 9.17) is 0 Å². The lowest BCUT2D eigenvalue weighted by Gasteiger charge is -2.22. The Labute approximate surface area is 179 Å². The number of piperidine rings is 1. The van der Waals surface area contributed by atoms with Crippen LogP contribution in [0.15, 0.2) is 54.6 Å². The number of halogens is 1. The molecule has 1 heterocycles. The van der Waals surface area contributed by atoms with E-state index in [0.29, 0.717) is 30.1 Å². The van der Waals surface area contributed by atoms with Gasteiger partial charge < -0.3 is 16.0 Å².